The van der Waals surface area contributed by atoms with E-state index in [9.17, 15) is 19.2 Å². The summed E-state index contributed by atoms with van der Waals surface area (Å²) in [5.74, 6) is 5.70. The average molecular weight is 580 g/mol. The molecule has 1 unspecified atom stereocenters. The Morgan fingerprint density at radius 3 is 2.63 bits per heavy atom. The number of carbonyl (C=O) groups excluding carboxylic acids is 4. The lowest BCUT2D eigenvalue weighted by Gasteiger charge is -2.35. The number of fused-ring (bicyclic) bond motifs is 1. The minimum atomic E-state index is -0.657. The second-order valence-electron chi connectivity index (χ2n) is 10.2. The van der Waals surface area contributed by atoms with Crippen molar-refractivity contribution in [3.63, 3.8) is 0 Å². The van der Waals surface area contributed by atoms with Crippen LogP contribution < -0.4 is 21.3 Å². The molecule has 12 heteroatoms. The highest BCUT2D eigenvalue weighted by molar-refractivity contribution is 6.05. The molecule has 4 heterocycles. The summed E-state index contributed by atoms with van der Waals surface area (Å²) in [6.45, 7) is 4.99. The van der Waals surface area contributed by atoms with E-state index < -0.39 is 11.9 Å². The number of piperazine rings is 1. The molecule has 11 nitrogen and oxygen atoms in total. The summed E-state index contributed by atoms with van der Waals surface area (Å²) in [6.07, 6.45) is 3.44. The predicted molar refractivity (Wildman–Crippen MR) is 156 cm³/mol. The minimum absolute atomic E-state index is 0. The lowest BCUT2D eigenvalue weighted by Crippen LogP contribution is -2.52. The Kier molecular flexibility index (Phi) is 9.94. The van der Waals surface area contributed by atoms with E-state index in [1.54, 1.807) is 24.4 Å². The Morgan fingerprint density at radius 2 is 1.93 bits per heavy atom. The Labute approximate surface area is 245 Å². The van der Waals surface area contributed by atoms with Gasteiger partial charge in [0.05, 0.1) is 6.54 Å². The lowest BCUT2D eigenvalue weighted by atomic mass is 10.0. The smallest absolute Gasteiger partial charge is 0.255 e. The second-order valence-corrected chi connectivity index (χ2v) is 10.2. The van der Waals surface area contributed by atoms with Crippen LogP contribution in [0.1, 0.15) is 47.2 Å². The SMILES string of the molecule is Cl.NCC#Cc1ccc(N2CCN(CCCC(=O)Nc3ccc4c(c3)CN(C3CCC(=O)NC3=O)C4=O)CC2)nc1. The van der Waals surface area contributed by atoms with Crippen LogP contribution in [-0.4, -0.2) is 83.7 Å². The molecule has 4 amide bonds. The van der Waals surface area contributed by atoms with Crippen LogP contribution in [0.15, 0.2) is 36.5 Å². The molecule has 0 aliphatic carbocycles. The molecule has 0 radical (unpaired) electrons. The van der Waals surface area contributed by atoms with Crippen molar-refractivity contribution in [3.8, 4) is 11.8 Å². The Bertz CT molecular complexity index is 1360. The summed E-state index contributed by atoms with van der Waals surface area (Å²) in [6, 6.07) is 8.49. The molecule has 2 aromatic rings. The Morgan fingerprint density at radius 1 is 1.12 bits per heavy atom. The van der Waals surface area contributed by atoms with E-state index >= 15 is 0 Å². The molecule has 4 N–H and O–H groups in total. The van der Waals surface area contributed by atoms with E-state index in [0.29, 0.717) is 30.6 Å². The zero-order valence-corrected chi connectivity index (χ0v) is 23.5. The van der Waals surface area contributed by atoms with Crippen molar-refractivity contribution >= 4 is 47.5 Å². The third-order valence-electron chi connectivity index (χ3n) is 7.46. The van der Waals surface area contributed by atoms with E-state index in [4.69, 9.17) is 5.73 Å². The molecule has 1 atom stereocenters. The van der Waals surface area contributed by atoms with Crippen LogP contribution in [0.4, 0.5) is 11.5 Å². The summed E-state index contributed by atoms with van der Waals surface area (Å²) in [4.78, 5) is 59.8. The fourth-order valence-electron chi connectivity index (χ4n) is 5.34. The lowest BCUT2D eigenvalue weighted by molar-refractivity contribution is -0.137. The number of nitrogens with one attached hydrogen (secondary N) is 2. The Balaban J connectivity index is 0.00000387. The highest BCUT2D eigenvalue weighted by atomic mass is 35.5. The second kappa shape index (κ2) is 13.6. The van der Waals surface area contributed by atoms with Gasteiger partial charge in [0.15, 0.2) is 0 Å². The number of amides is 4. The first-order chi connectivity index (χ1) is 19.4. The first kappa shape index (κ1) is 30.0. The third kappa shape index (κ3) is 7.21. The summed E-state index contributed by atoms with van der Waals surface area (Å²) >= 11 is 0. The molecule has 0 spiro atoms. The first-order valence-corrected chi connectivity index (χ1v) is 13.6. The van der Waals surface area contributed by atoms with Crippen LogP contribution in [0, 0.1) is 11.8 Å². The van der Waals surface area contributed by atoms with Crippen molar-refractivity contribution in [2.75, 3.05) is 49.5 Å². The molecule has 41 heavy (non-hydrogen) atoms. The molecule has 1 aromatic carbocycles. The van der Waals surface area contributed by atoms with Gasteiger partial charge in [0.1, 0.15) is 11.9 Å². The number of hydrogen-bond donors (Lipinski definition) is 3. The van der Waals surface area contributed by atoms with Crippen molar-refractivity contribution < 1.29 is 19.2 Å². The number of imide groups is 1. The highest BCUT2D eigenvalue weighted by Gasteiger charge is 2.39. The molecule has 2 saturated heterocycles. The topological polar surface area (TPSA) is 141 Å². The highest BCUT2D eigenvalue weighted by Crippen LogP contribution is 2.29. The maximum absolute atomic E-state index is 12.9. The van der Waals surface area contributed by atoms with E-state index in [0.717, 1.165) is 56.1 Å². The van der Waals surface area contributed by atoms with Crippen molar-refractivity contribution in [2.24, 2.45) is 5.73 Å². The van der Waals surface area contributed by atoms with Gasteiger partial charge in [0.2, 0.25) is 17.7 Å². The maximum Gasteiger partial charge on any atom is 0.255 e. The van der Waals surface area contributed by atoms with Gasteiger partial charge >= 0.3 is 0 Å². The number of anilines is 2. The first-order valence-electron chi connectivity index (χ1n) is 13.6. The molecule has 3 aliphatic heterocycles. The molecule has 216 valence electrons. The standard InChI is InChI=1S/C29H33N7O4.ClH/c30-11-1-3-20-5-9-25(31-18-20)35-15-13-34(14-16-35)12-2-4-26(37)32-22-6-7-23-21(17-22)19-36(29(23)40)24-8-10-27(38)33-28(24)39;/h5-7,9,17-18,24H,2,4,8,10-16,19,30H2,(H,32,37)(H,33,38,39);1H. The molecule has 5 rings (SSSR count). The largest absolute Gasteiger partial charge is 0.354 e. The van der Waals surface area contributed by atoms with Crippen molar-refractivity contribution in [1.29, 1.82) is 0 Å². The van der Waals surface area contributed by atoms with E-state index in [-0.39, 0.29) is 43.1 Å². The minimum Gasteiger partial charge on any atom is -0.354 e. The van der Waals surface area contributed by atoms with Gasteiger partial charge in [-0.05, 0) is 55.3 Å². The number of nitrogens with zero attached hydrogens (tertiary/aromatic N) is 4. The van der Waals surface area contributed by atoms with Gasteiger partial charge in [-0.2, -0.15) is 0 Å². The van der Waals surface area contributed by atoms with Crippen LogP contribution in [-0.2, 0) is 20.9 Å². The predicted octanol–water partition coefficient (Wildman–Crippen LogP) is 1.12. The van der Waals surface area contributed by atoms with Crippen LogP contribution in [0.2, 0.25) is 0 Å². The molecule has 1 aromatic heterocycles. The zero-order valence-electron chi connectivity index (χ0n) is 22.7. The van der Waals surface area contributed by atoms with Gasteiger partial charge in [-0.25, -0.2) is 4.98 Å². The molecular formula is C29H34ClN7O4. The van der Waals surface area contributed by atoms with Gasteiger partial charge in [0.25, 0.3) is 5.91 Å². The van der Waals surface area contributed by atoms with Gasteiger partial charge in [-0.1, -0.05) is 11.8 Å². The zero-order chi connectivity index (χ0) is 28.1. The van der Waals surface area contributed by atoms with Gasteiger partial charge in [-0.15, -0.1) is 12.4 Å². The maximum atomic E-state index is 12.9. The summed E-state index contributed by atoms with van der Waals surface area (Å²) in [7, 11) is 0. The van der Waals surface area contributed by atoms with E-state index in [1.807, 2.05) is 12.1 Å². The third-order valence-corrected chi connectivity index (χ3v) is 7.46. The summed E-state index contributed by atoms with van der Waals surface area (Å²) in [5, 5.41) is 5.24. The summed E-state index contributed by atoms with van der Waals surface area (Å²) < 4.78 is 0. The number of halogens is 1. The van der Waals surface area contributed by atoms with Gasteiger partial charge < -0.3 is 20.9 Å². The molecule has 2 fully saturated rings. The number of hydrogen-bond acceptors (Lipinski definition) is 8. The van der Waals surface area contributed by atoms with E-state index in [1.165, 1.54) is 4.90 Å². The normalized spacial score (nSPS) is 18.7. The molecule has 0 saturated carbocycles. The molecule has 0 bridgehead atoms. The Hall–Kier alpha value is -3.98. The van der Waals surface area contributed by atoms with Gasteiger partial charge in [-0.3, -0.25) is 29.4 Å². The number of nitrogens with two attached hydrogens (primary N) is 1. The fourth-order valence-corrected chi connectivity index (χ4v) is 5.34. The molecule has 3 aliphatic rings. The number of carbonyl (C=O) groups is 4. The monoisotopic (exact) mass is 579 g/mol. The number of piperidine rings is 1. The number of pyridine rings is 1. The van der Waals surface area contributed by atoms with E-state index in [2.05, 4.69) is 37.3 Å². The van der Waals surface area contributed by atoms with Crippen molar-refractivity contribution in [1.82, 2.24) is 20.1 Å². The number of aromatic nitrogens is 1. The molecular weight excluding hydrogens is 546 g/mol. The number of rotatable bonds is 7. The van der Waals surface area contributed by atoms with Crippen LogP contribution in [0.5, 0.6) is 0 Å². The van der Waals surface area contributed by atoms with Gasteiger partial charge in [0, 0.05) is 68.6 Å². The van der Waals surface area contributed by atoms with Crippen LogP contribution in [0.3, 0.4) is 0 Å². The average Bonchev–Trinajstić information content (AvgIpc) is 3.27. The van der Waals surface area contributed by atoms with Crippen LogP contribution >= 0.6 is 12.4 Å². The van der Waals surface area contributed by atoms with Crippen LogP contribution in [0.25, 0.3) is 0 Å². The summed E-state index contributed by atoms with van der Waals surface area (Å²) in [5.41, 5.74) is 8.18. The number of benzene rings is 1. The van der Waals surface area contributed by atoms with Crippen molar-refractivity contribution in [2.45, 2.75) is 38.3 Å². The van der Waals surface area contributed by atoms with Crippen molar-refractivity contribution in [3.05, 3.63) is 53.2 Å². The fraction of sp³-hybridized carbons (Fsp3) is 0.414. The quantitative estimate of drug-likeness (QED) is 0.327.